The van der Waals surface area contributed by atoms with E-state index in [9.17, 15) is 14.7 Å². The Labute approximate surface area is 263 Å². The van der Waals surface area contributed by atoms with Crippen LogP contribution >= 0.6 is 0 Å². The number of nitrogens with one attached hydrogen (secondary N) is 1. The largest absolute Gasteiger partial charge is 0.444 e. The first-order valence-electron chi connectivity index (χ1n) is 15.9. The van der Waals surface area contributed by atoms with Crippen molar-refractivity contribution in [2.45, 2.75) is 65.6 Å². The molecule has 3 atom stereocenters. The fourth-order valence-corrected chi connectivity index (χ4v) is 6.18. The van der Waals surface area contributed by atoms with Crippen LogP contribution in [0.1, 0.15) is 64.3 Å². The molecule has 4 aromatic rings. The van der Waals surface area contributed by atoms with Gasteiger partial charge in [0.15, 0.2) is 0 Å². The number of nitrogens with zero attached hydrogens (tertiary/aromatic N) is 6. The second-order valence-corrected chi connectivity index (χ2v) is 13.4. The Balaban J connectivity index is 1.10. The van der Waals surface area contributed by atoms with E-state index in [1.165, 1.54) is 0 Å². The van der Waals surface area contributed by atoms with Gasteiger partial charge < -0.3 is 20.1 Å². The average Bonchev–Trinajstić information content (AvgIpc) is 3.58. The second-order valence-electron chi connectivity index (χ2n) is 13.4. The third-order valence-electron chi connectivity index (χ3n) is 8.71. The molecule has 0 bridgehead atoms. The number of piperazine rings is 1. The van der Waals surface area contributed by atoms with Crippen molar-refractivity contribution >= 4 is 34.4 Å². The summed E-state index contributed by atoms with van der Waals surface area (Å²) < 4.78 is 7.51. The maximum atomic E-state index is 13.2. The number of rotatable bonds is 8. The molecule has 5 heterocycles. The molecular weight excluding hydrogens is 570 g/mol. The molecule has 0 unspecified atom stereocenters. The molecule has 0 aromatic carbocycles. The molecule has 0 radical (unpaired) electrons. The molecule has 1 saturated heterocycles. The van der Waals surface area contributed by atoms with Crippen LogP contribution in [0.2, 0.25) is 0 Å². The SMILES string of the molecule is CCC[C@@H](O)c1cc(C)c(-c2cc3cnc(NC(=O)[C@H]4C[C@@H]4CN4CCN(C(=O)OC(C)(C)C)CC4)cc3n3ccnc23)cn1. The number of carbonyl (C=O) groups excluding carboxylic acids is 2. The summed E-state index contributed by atoms with van der Waals surface area (Å²) in [6.07, 6.45) is 8.85. The minimum Gasteiger partial charge on any atom is -0.444 e. The van der Waals surface area contributed by atoms with Crippen molar-refractivity contribution in [1.82, 2.24) is 29.2 Å². The Morgan fingerprint density at radius 3 is 2.56 bits per heavy atom. The molecule has 238 valence electrons. The summed E-state index contributed by atoms with van der Waals surface area (Å²) in [5.74, 6) is 0.757. The fourth-order valence-electron chi connectivity index (χ4n) is 6.18. The van der Waals surface area contributed by atoms with Gasteiger partial charge in [0.05, 0.1) is 17.3 Å². The molecule has 1 aliphatic heterocycles. The van der Waals surface area contributed by atoms with Gasteiger partial charge in [-0.05, 0) is 64.2 Å². The van der Waals surface area contributed by atoms with E-state index in [1.54, 1.807) is 17.3 Å². The van der Waals surface area contributed by atoms with Gasteiger partial charge in [0.1, 0.15) is 17.1 Å². The highest BCUT2D eigenvalue weighted by atomic mass is 16.6. The number of carbonyl (C=O) groups is 2. The first-order chi connectivity index (χ1) is 21.5. The van der Waals surface area contributed by atoms with Crippen molar-refractivity contribution in [2.75, 3.05) is 38.0 Å². The number of aliphatic hydroxyl groups is 1. The number of imidazole rings is 1. The summed E-state index contributed by atoms with van der Waals surface area (Å²) in [5.41, 5.74) is 4.75. The van der Waals surface area contributed by atoms with E-state index >= 15 is 0 Å². The number of ether oxygens (including phenoxy) is 1. The minimum absolute atomic E-state index is 0.00946. The molecule has 11 nitrogen and oxygen atoms in total. The first kappa shape index (κ1) is 30.9. The van der Waals surface area contributed by atoms with Crippen LogP contribution in [0.3, 0.4) is 0 Å². The van der Waals surface area contributed by atoms with Crippen LogP contribution in [0.15, 0.2) is 43.0 Å². The predicted molar refractivity (Wildman–Crippen MR) is 173 cm³/mol. The van der Waals surface area contributed by atoms with Crippen molar-refractivity contribution in [3.63, 3.8) is 0 Å². The zero-order valence-electron chi connectivity index (χ0n) is 26.8. The summed E-state index contributed by atoms with van der Waals surface area (Å²) in [6, 6.07) is 5.90. The van der Waals surface area contributed by atoms with E-state index < -0.39 is 11.7 Å². The summed E-state index contributed by atoms with van der Waals surface area (Å²) in [7, 11) is 0. The number of aliphatic hydroxyl groups excluding tert-OH is 1. The van der Waals surface area contributed by atoms with Crippen LogP contribution in [-0.4, -0.2) is 84.6 Å². The number of fused-ring (bicyclic) bond motifs is 3. The highest BCUT2D eigenvalue weighted by molar-refractivity contribution is 5.97. The van der Waals surface area contributed by atoms with Gasteiger partial charge in [-0.3, -0.25) is 19.1 Å². The molecule has 2 aliphatic rings. The topological polar surface area (TPSA) is 125 Å². The third kappa shape index (κ3) is 6.79. The number of hydrogen-bond donors (Lipinski definition) is 2. The molecule has 11 heteroatoms. The molecule has 2 amide bonds. The van der Waals surface area contributed by atoms with Gasteiger partial charge in [0.25, 0.3) is 0 Å². The molecule has 1 aliphatic carbocycles. The van der Waals surface area contributed by atoms with Crippen LogP contribution in [0.5, 0.6) is 0 Å². The molecular formula is C34H43N7O4. The Morgan fingerprint density at radius 1 is 1.07 bits per heavy atom. The zero-order valence-corrected chi connectivity index (χ0v) is 26.8. The Bertz CT molecular complexity index is 1720. The minimum atomic E-state index is -0.573. The highest BCUT2D eigenvalue weighted by Crippen LogP contribution is 2.40. The summed E-state index contributed by atoms with van der Waals surface area (Å²) in [4.78, 5) is 43.4. The van der Waals surface area contributed by atoms with E-state index in [0.29, 0.717) is 36.9 Å². The number of hydrogen-bond acceptors (Lipinski definition) is 8. The van der Waals surface area contributed by atoms with Crippen molar-refractivity contribution < 1.29 is 19.4 Å². The summed E-state index contributed by atoms with van der Waals surface area (Å²) in [5, 5.41) is 14.4. The van der Waals surface area contributed by atoms with E-state index in [0.717, 1.165) is 65.7 Å². The lowest BCUT2D eigenvalue weighted by Gasteiger charge is -2.35. The molecule has 1 saturated carbocycles. The summed E-state index contributed by atoms with van der Waals surface area (Å²) in [6.45, 7) is 13.4. The van der Waals surface area contributed by atoms with Crippen molar-refractivity contribution in [3.05, 3.63) is 54.2 Å². The van der Waals surface area contributed by atoms with Crippen molar-refractivity contribution in [3.8, 4) is 11.1 Å². The molecule has 4 aromatic heterocycles. The maximum Gasteiger partial charge on any atom is 0.410 e. The normalized spacial score (nSPS) is 19.6. The quantitative estimate of drug-likeness (QED) is 0.277. The van der Waals surface area contributed by atoms with E-state index in [-0.39, 0.29) is 17.9 Å². The van der Waals surface area contributed by atoms with E-state index in [1.807, 2.05) is 63.5 Å². The third-order valence-corrected chi connectivity index (χ3v) is 8.71. The zero-order chi connectivity index (χ0) is 31.9. The molecule has 2 N–H and O–H groups in total. The van der Waals surface area contributed by atoms with Crippen molar-refractivity contribution in [1.29, 1.82) is 0 Å². The fraction of sp³-hybridized carbons (Fsp3) is 0.500. The first-order valence-corrected chi connectivity index (χ1v) is 15.9. The van der Waals surface area contributed by atoms with Crippen LogP contribution < -0.4 is 5.32 Å². The highest BCUT2D eigenvalue weighted by Gasteiger charge is 2.44. The monoisotopic (exact) mass is 613 g/mol. The summed E-state index contributed by atoms with van der Waals surface area (Å²) >= 11 is 0. The van der Waals surface area contributed by atoms with E-state index in [4.69, 9.17) is 4.74 Å². The van der Waals surface area contributed by atoms with Gasteiger partial charge >= 0.3 is 6.09 Å². The van der Waals surface area contributed by atoms with Crippen LogP contribution in [0.4, 0.5) is 10.6 Å². The molecule has 2 fully saturated rings. The number of anilines is 1. The van der Waals surface area contributed by atoms with Crippen LogP contribution in [-0.2, 0) is 9.53 Å². The average molecular weight is 614 g/mol. The molecule has 6 rings (SSSR count). The number of aromatic nitrogens is 4. The lowest BCUT2D eigenvalue weighted by molar-refractivity contribution is -0.117. The molecule has 45 heavy (non-hydrogen) atoms. The van der Waals surface area contributed by atoms with Gasteiger partial charge in [0, 0.05) is 86.0 Å². The predicted octanol–water partition coefficient (Wildman–Crippen LogP) is 5.21. The number of aryl methyl sites for hydroxylation is 1. The lowest BCUT2D eigenvalue weighted by atomic mass is 10.00. The standard InChI is InChI=1S/C34H43N7O4/c1-6-7-29(42)27-14-21(2)26(19-36-27)25-15-22-18-37-30(17-28(22)41-9-8-35-31(25)41)38-32(43)24-16-23(24)20-39-10-12-40(13-11-39)33(44)45-34(3,4)5/h8-9,14-15,17-19,23-24,29,42H,6-7,10-13,16,20H2,1-5H3,(H,37,38,43)/t23-,24+,29-/m1/s1. The number of amides is 2. The van der Waals surface area contributed by atoms with Gasteiger partial charge in [-0.1, -0.05) is 13.3 Å². The van der Waals surface area contributed by atoms with Crippen LogP contribution in [0, 0.1) is 18.8 Å². The number of pyridine rings is 3. The van der Waals surface area contributed by atoms with Gasteiger partial charge in [-0.15, -0.1) is 0 Å². The Hall–Kier alpha value is -4.09. The van der Waals surface area contributed by atoms with Crippen molar-refractivity contribution in [2.24, 2.45) is 11.8 Å². The molecule has 0 spiro atoms. The smallest absolute Gasteiger partial charge is 0.410 e. The Kier molecular flexibility index (Phi) is 8.49. The van der Waals surface area contributed by atoms with Gasteiger partial charge in [-0.2, -0.15) is 0 Å². The van der Waals surface area contributed by atoms with Gasteiger partial charge in [-0.25, -0.2) is 14.8 Å². The van der Waals surface area contributed by atoms with E-state index in [2.05, 4.69) is 31.2 Å². The van der Waals surface area contributed by atoms with Crippen LogP contribution in [0.25, 0.3) is 27.7 Å². The Morgan fingerprint density at radius 2 is 1.84 bits per heavy atom. The second kappa shape index (κ2) is 12.4. The lowest BCUT2D eigenvalue weighted by Crippen LogP contribution is -2.50. The maximum absolute atomic E-state index is 13.2. The van der Waals surface area contributed by atoms with Gasteiger partial charge in [0.2, 0.25) is 5.91 Å².